The number of nitrogens with zero attached hydrogens (tertiary/aromatic N) is 2. The molecule has 0 aliphatic carbocycles. The van der Waals surface area contributed by atoms with Crippen LogP contribution in [0.5, 0.6) is 0 Å². The molecule has 0 aliphatic heterocycles. The van der Waals surface area contributed by atoms with Crippen LogP contribution in [0.1, 0.15) is 0 Å². The molecule has 0 fully saturated rings. The van der Waals surface area contributed by atoms with Crippen LogP contribution in [-0.2, 0) is 0 Å². The molecular weight excluding hydrogens is 869 g/mol. The summed E-state index contributed by atoms with van der Waals surface area (Å²) in [4.78, 5) is 2.46. The van der Waals surface area contributed by atoms with Crippen molar-refractivity contribution in [3.8, 4) is 72.4 Å². The smallest absolute Gasteiger partial charge is 0.0547 e. The number of hydrogen-bond donors (Lipinski definition) is 0. The summed E-state index contributed by atoms with van der Waals surface area (Å²) in [6, 6.07) is 106. The summed E-state index contributed by atoms with van der Waals surface area (Å²) < 4.78 is 2.40. The molecule has 1 aromatic heterocycles. The summed E-state index contributed by atoms with van der Waals surface area (Å²) >= 11 is 0. The van der Waals surface area contributed by atoms with Gasteiger partial charge in [0.15, 0.2) is 0 Å². The Kier molecular flexibility index (Phi) is 10.9. The minimum Gasteiger partial charge on any atom is -0.310 e. The van der Waals surface area contributed by atoms with Crippen LogP contribution >= 0.6 is 0 Å². The molecule has 0 amide bonds. The Morgan fingerprint density at radius 1 is 0.250 bits per heavy atom. The maximum atomic E-state index is 2.46. The average Bonchev–Trinajstić information content (AvgIpc) is 3.80. The standard InChI is InChI=1S/C70H48N2/c1-4-19-53(20-5-1)62-28-12-13-30-66(62)70-63(54-21-6-2-7-22-54)31-17-33-68(70)71(60-43-40-51(41-44-60)50-34-36-52(37-35-50)57-39-38-49-18-10-11-23-55(49)46-57)61-27-16-24-56(47-61)58-42-45-65-64-29-14-15-32-67(64)72(69(65)48-58)59-25-8-3-9-26-59/h1-48H. The van der Waals surface area contributed by atoms with E-state index in [0.717, 1.165) is 50.6 Å². The first-order valence-electron chi connectivity index (χ1n) is 24.7. The highest BCUT2D eigenvalue weighted by molar-refractivity contribution is 6.10. The topological polar surface area (TPSA) is 8.17 Å². The third-order valence-corrected chi connectivity index (χ3v) is 14.2. The number of fused-ring (bicyclic) bond motifs is 4. The number of hydrogen-bond acceptors (Lipinski definition) is 1. The van der Waals surface area contributed by atoms with Crippen LogP contribution in [-0.4, -0.2) is 4.57 Å². The zero-order chi connectivity index (χ0) is 47.8. The Morgan fingerprint density at radius 2 is 0.750 bits per heavy atom. The molecule has 1 heterocycles. The summed E-state index contributed by atoms with van der Waals surface area (Å²) in [5.41, 5.74) is 20.8. The molecule has 12 aromatic carbocycles. The van der Waals surface area contributed by atoms with Gasteiger partial charge in [-0.2, -0.15) is 0 Å². The van der Waals surface area contributed by atoms with Gasteiger partial charge in [0.05, 0.1) is 16.7 Å². The van der Waals surface area contributed by atoms with Crippen molar-refractivity contribution in [2.45, 2.75) is 0 Å². The van der Waals surface area contributed by atoms with E-state index >= 15 is 0 Å². The second-order valence-electron chi connectivity index (χ2n) is 18.5. The molecule has 0 unspecified atom stereocenters. The molecule has 2 heteroatoms. The van der Waals surface area contributed by atoms with E-state index < -0.39 is 0 Å². The van der Waals surface area contributed by atoms with Crippen molar-refractivity contribution in [2.24, 2.45) is 0 Å². The molecule has 0 radical (unpaired) electrons. The maximum Gasteiger partial charge on any atom is 0.0547 e. The van der Waals surface area contributed by atoms with Crippen LogP contribution in [0.4, 0.5) is 17.1 Å². The lowest BCUT2D eigenvalue weighted by Gasteiger charge is -2.30. The van der Waals surface area contributed by atoms with Crippen LogP contribution in [0.3, 0.4) is 0 Å². The van der Waals surface area contributed by atoms with Crippen LogP contribution in [0.25, 0.3) is 105 Å². The minimum atomic E-state index is 1.06. The van der Waals surface area contributed by atoms with Crippen molar-refractivity contribution >= 4 is 49.6 Å². The third kappa shape index (κ3) is 7.82. The van der Waals surface area contributed by atoms with Gasteiger partial charge in [-0.1, -0.05) is 231 Å². The predicted octanol–water partition coefficient (Wildman–Crippen LogP) is 19.4. The van der Waals surface area contributed by atoms with E-state index in [-0.39, 0.29) is 0 Å². The zero-order valence-corrected chi connectivity index (χ0v) is 39.6. The highest BCUT2D eigenvalue weighted by Crippen LogP contribution is 2.49. The van der Waals surface area contributed by atoms with Gasteiger partial charge in [0.25, 0.3) is 0 Å². The molecule has 0 spiro atoms. The van der Waals surface area contributed by atoms with E-state index in [1.54, 1.807) is 0 Å². The summed E-state index contributed by atoms with van der Waals surface area (Å²) in [7, 11) is 0. The second kappa shape index (κ2) is 18.4. The second-order valence-corrected chi connectivity index (χ2v) is 18.5. The maximum absolute atomic E-state index is 2.46. The van der Waals surface area contributed by atoms with Crippen LogP contribution in [0, 0.1) is 0 Å². The van der Waals surface area contributed by atoms with E-state index in [1.165, 1.54) is 71.5 Å². The minimum absolute atomic E-state index is 1.06. The third-order valence-electron chi connectivity index (χ3n) is 14.2. The van der Waals surface area contributed by atoms with Crippen molar-refractivity contribution in [1.82, 2.24) is 4.57 Å². The quantitative estimate of drug-likeness (QED) is 0.133. The molecular formula is C70H48N2. The van der Waals surface area contributed by atoms with Gasteiger partial charge in [0.1, 0.15) is 0 Å². The van der Waals surface area contributed by atoms with Gasteiger partial charge in [-0.3, -0.25) is 0 Å². The molecule has 13 aromatic rings. The summed E-state index contributed by atoms with van der Waals surface area (Å²) in [5.74, 6) is 0. The van der Waals surface area contributed by atoms with Crippen molar-refractivity contribution in [3.63, 3.8) is 0 Å². The van der Waals surface area contributed by atoms with Gasteiger partial charge in [-0.05, 0) is 133 Å². The van der Waals surface area contributed by atoms with E-state index in [4.69, 9.17) is 0 Å². The Morgan fingerprint density at radius 3 is 1.50 bits per heavy atom. The van der Waals surface area contributed by atoms with Gasteiger partial charge in [0.2, 0.25) is 0 Å². The van der Waals surface area contributed by atoms with Crippen LogP contribution in [0.15, 0.2) is 291 Å². The van der Waals surface area contributed by atoms with Crippen molar-refractivity contribution in [1.29, 1.82) is 0 Å². The fourth-order valence-corrected chi connectivity index (χ4v) is 10.7. The molecule has 0 aliphatic rings. The fraction of sp³-hybridized carbons (Fsp3) is 0. The molecule has 0 atom stereocenters. The van der Waals surface area contributed by atoms with Gasteiger partial charge in [-0.15, -0.1) is 0 Å². The lowest BCUT2D eigenvalue weighted by molar-refractivity contribution is 1.18. The number of para-hydroxylation sites is 2. The van der Waals surface area contributed by atoms with Crippen molar-refractivity contribution in [2.75, 3.05) is 4.90 Å². The Bertz CT molecular complexity index is 4060. The highest BCUT2D eigenvalue weighted by Gasteiger charge is 2.23. The molecule has 0 bridgehead atoms. The summed E-state index contributed by atoms with van der Waals surface area (Å²) in [6.45, 7) is 0. The monoisotopic (exact) mass is 916 g/mol. The number of benzene rings is 12. The predicted molar refractivity (Wildman–Crippen MR) is 306 cm³/mol. The SMILES string of the molecule is c1ccc(-c2ccccc2-c2c(-c3ccccc3)cccc2N(c2ccc(-c3ccc(-c4ccc5ccccc5c4)cc3)cc2)c2cccc(-c3ccc4c5ccccc5n(-c5ccccc5)c4c3)c2)cc1. The number of aromatic nitrogens is 1. The largest absolute Gasteiger partial charge is 0.310 e. The molecule has 2 nitrogen and oxygen atoms in total. The zero-order valence-electron chi connectivity index (χ0n) is 39.6. The van der Waals surface area contributed by atoms with Crippen LogP contribution < -0.4 is 4.90 Å². The van der Waals surface area contributed by atoms with E-state index in [1.807, 2.05) is 0 Å². The van der Waals surface area contributed by atoms with Crippen molar-refractivity contribution in [3.05, 3.63) is 291 Å². The van der Waals surface area contributed by atoms with E-state index in [9.17, 15) is 0 Å². The first-order chi connectivity index (χ1) is 35.7. The lowest BCUT2D eigenvalue weighted by atomic mass is 9.87. The van der Waals surface area contributed by atoms with Gasteiger partial charge in [0, 0.05) is 33.4 Å². The average molecular weight is 917 g/mol. The molecule has 0 N–H and O–H groups in total. The van der Waals surface area contributed by atoms with Gasteiger partial charge >= 0.3 is 0 Å². The first kappa shape index (κ1) is 42.6. The normalized spacial score (nSPS) is 11.3. The first-order valence-corrected chi connectivity index (χ1v) is 24.7. The molecule has 338 valence electrons. The van der Waals surface area contributed by atoms with Crippen molar-refractivity contribution < 1.29 is 0 Å². The van der Waals surface area contributed by atoms with Crippen LogP contribution in [0.2, 0.25) is 0 Å². The Labute approximate surface area is 420 Å². The summed E-state index contributed by atoms with van der Waals surface area (Å²) in [6.07, 6.45) is 0. The summed E-state index contributed by atoms with van der Waals surface area (Å²) in [5, 5.41) is 4.98. The molecule has 72 heavy (non-hydrogen) atoms. The van der Waals surface area contributed by atoms with Gasteiger partial charge in [-0.25, -0.2) is 0 Å². The van der Waals surface area contributed by atoms with Gasteiger partial charge < -0.3 is 9.47 Å². The number of rotatable bonds is 10. The van der Waals surface area contributed by atoms with E-state index in [0.29, 0.717) is 0 Å². The lowest BCUT2D eigenvalue weighted by Crippen LogP contribution is -2.12. The molecule has 13 rings (SSSR count). The fourth-order valence-electron chi connectivity index (χ4n) is 10.7. The highest BCUT2D eigenvalue weighted by atomic mass is 15.1. The number of anilines is 3. The Balaban J connectivity index is 0.978. The molecule has 0 saturated carbocycles. The Hall–Kier alpha value is -9.50. The molecule has 0 saturated heterocycles. The van der Waals surface area contributed by atoms with E-state index in [2.05, 4.69) is 301 Å².